The van der Waals surface area contributed by atoms with Crippen molar-refractivity contribution in [2.24, 2.45) is 0 Å². The number of hydrogen-bond acceptors (Lipinski definition) is 3. The molecule has 88 valence electrons. The third-order valence-electron chi connectivity index (χ3n) is 2.51. The van der Waals surface area contributed by atoms with Crippen molar-refractivity contribution in [3.63, 3.8) is 0 Å². The zero-order valence-corrected chi connectivity index (χ0v) is 9.41. The molecule has 0 saturated heterocycles. The van der Waals surface area contributed by atoms with Crippen LogP contribution in [0, 0.1) is 6.92 Å². The molecule has 0 atom stereocenters. The lowest BCUT2D eigenvalue weighted by Crippen LogP contribution is -2.25. The third kappa shape index (κ3) is 2.63. The first kappa shape index (κ1) is 11.2. The number of nitrogens with one attached hydrogen (secondary N) is 3. The van der Waals surface area contributed by atoms with Gasteiger partial charge in [0.15, 0.2) is 0 Å². The van der Waals surface area contributed by atoms with E-state index in [1.165, 1.54) is 6.20 Å². The normalized spacial score (nSPS) is 10.2. The second kappa shape index (κ2) is 4.69. The van der Waals surface area contributed by atoms with E-state index < -0.39 is 5.69 Å². The number of H-pyrrole nitrogens is 2. The Bertz CT molecular complexity index is 628. The largest absolute Gasteiger partial charge is 0.380 e. The Kier molecular flexibility index (Phi) is 3.09. The van der Waals surface area contributed by atoms with Gasteiger partial charge in [-0.3, -0.25) is 9.78 Å². The fourth-order valence-electron chi connectivity index (χ4n) is 1.53. The number of anilines is 1. The van der Waals surface area contributed by atoms with Crippen LogP contribution in [0.5, 0.6) is 0 Å². The first-order chi connectivity index (χ1) is 8.16. The average Bonchev–Trinajstić information content (AvgIpc) is 2.30. The van der Waals surface area contributed by atoms with Gasteiger partial charge in [0.25, 0.3) is 5.56 Å². The van der Waals surface area contributed by atoms with E-state index >= 15 is 0 Å². The predicted octanol–water partition coefficient (Wildman–Crippen LogP) is 0.984. The molecule has 0 bridgehead atoms. The third-order valence-corrected chi connectivity index (χ3v) is 2.51. The summed E-state index contributed by atoms with van der Waals surface area (Å²) in [5.74, 6) is 0. The highest BCUT2D eigenvalue weighted by molar-refractivity contribution is 5.50. The number of aryl methyl sites for hydroxylation is 1. The minimum absolute atomic E-state index is 0.366. The van der Waals surface area contributed by atoms with Crippen molar-refractivity contribution in [1.82, 2.24) is 9.97 Å². The molecule has 3 N–H and O–H groups in total. The van der Waals surface area contributed by atoms with Gasteiger partial charge in [-0.25, -0.2) is 4.79 Å². The number of para-hydroxylation sites is 1. The highest BCUT2D eigenvalue weighted by Crippen LogP contribution is 2.13. The van der Waals surface area contributed by atoms with E-state index in [4.69, 9.17) is 0 Å². The summed E-state index contributed by atoms with van der Waals surface area (Å²) < 4.78 is 0. The molecule has 0 radical (unpaired) electrons. The molecule has 0 saturated carbocycles. The van der Waals surface area contributed by atoms with Crippen LogP contribution in [0.2, 0.25) is 0 Å². The number of aromatic nitrogens is 2. The molecule has 0 aliphatic rings. The van der Waals surface area contributed by atoms with E-state index in [-0.39, 0.29) is 5.56 Å². The van der Waals surface area contributed by atoms with Gasteiger partial charge < -0.3 is 10.3 Å². The lowest BCUT2D eigenvalue weighted by atomic mass is 10.2. The molecule has 0 aliphatic carbocycles. The Morgan fingerprint density at radius 3 is 2.71 bits per heavy atom. The van der Waals surface area contributed by atoms with E-state index in [0.29, 0.717) is 12.1 Å². The first-order valence-corrected chi connectivity index (χ1v) is 5.27. The molecule has 0 fully saturated rings. The van der Waals surface area contributed by atoms with Gasteiger partial charge in [-0.05, 0) is 18.6 Å². The summed E-state index contributed by atoms with van der Waals surface area (Å²) in [5.41, 5.74) is 1.71. The lowest BCUT2D eigenvalue weighted by molar-refractivity contribution is 0.964. The van der Waals surface area contributed by atoms with Gasteiger partial charge in [-0.2, -0.15) is 0 Å². The quantitative estimate of drug-likeness (QED) is 0.737. The number of benzene rings is 1. The van der Waals surface area contributed by atoms with Crippen molar-refractivity contribution < 1.29 is 0 Å². The predicted molar refractivity (Wildman–Crippen MR) is 66.2 cm³/mol. The standard InChI is InChI=1S/C12H13N3O2/c1-8-4-2-3-5-10(8)13-6-9-7-14-12(17)15-11(9)16/h2-5,7,13H,6H2,1H3,(H2,14,15,16,17). The van der Waals surface area contributed by atoms with Crippen LogP contribution in [0.25, 0.3) is 0 Å². The molecule has 0 spiro atoms. The Labute approximate surface area is 97.5 Å². The van der Waals surface area contributed by atoms with E-state index in [1.54, 1.807) is 0 Å². The molecular formula is C12H13N3O2. The fourth-order valence-corrected chi connectivity index (χ4v) is 1.53. The molecule has 1 aromatic heterocycles. The van der Waals surface area contributed by atoms with Gasteiger partial charge >= 0.3 is 5.69 Å². The van der Waals surface area contributed by atoms with Gasteiger partial charge in [-0.15, -0.1) is 0 Å². The maximum atomic E-state index is 11.4. The van der Waals surface area contributed by atoms with E-state index in [0.717, 1.165) is 11.3 Å². The summed E-state index contributed by atoms with van der Waals surface area (Å²) in [6.45, 7) is 2.36. The van der Waals surface area contributed by atoms with Crippen molar-refractivity contribution in [1.29, 1.82) is 0 Å². The second-order valence-electron chi connectivity index (χ2n) is 3.77. The Morgan fingerprint density at radius 1 is 1.24 bits per heavy atom. The molecule has 2 aromatic rings. The van der Waals surface area contributed by atoms with Crippen molar-refractivity contribution in [2.45, 2.75) is 13.5 Å². The van der Waals surface area contributed by atoms with Crippen molar-refractivity contribution >= 4 is 5.69 Å². The fraction of sp³-hybridized carbons (Fsp3) is 0.167. The minimum atomic E-state index is -0.491. The molecule has 0 unspecified atom stereocenters. The van der Waals surface area contributed by atoms with E-state index in [2.05, 4.69) is 15.3 Å². The van der Waals surface area contributed by atoms with E-state index in [9.17, 15) is 9.59 Å². The summed E-state index contributed by atoms with van der Waals surface area (Å²) in [5, 5.41) is 3.15. The number of aromatic amines is 2. The SMILES string of the molecule is Cc1ccccc1NCc1c[nH]c(=O)[nH]c1=O. The molecule has 5 nitrogen and oxygen atoms in total. The summed E-state index contributed by atoms with van der Waals surface area (Å²) in [6, 6.07) is 7.80. The molecule has 5 heteroatoms. The van der Waals surface area contributed by atoms with Gasteiger partial charge in [0.2, 0.25) is 0 Å². The number of hydrogen-bond donors (Lipinski definition) is 3. The van der Waals surface area contributed by atoms with Crippen molar-refractivity contribution in [2.75, 3.05) is 5.32 Å². The molecule has 2 rings (SSSR count). The smallest absolute Gasteiger partial charge is 0.325 e. The van der Waals surface area contributed by atoms with Gasteiger partial charge in [0.05, 0.1) is 5.56 Å². The molecular weight excluding hydrogens is 218 g/mol. The van der Waals surface area contributed by atoms with Crippen LogP contribution in [0.15, 0.2) is 40.1 Å². The Morgan fingerprint density at radius 2 is 2.00 bits per heavy atom. The van der Waals surface area contributed by atoms with Crippen LogP contribution in [0.3, 0.4) is 0 Å². The zero-order chi connectivity index (χ0) is 12.3. The van der Waals surface area contributed by atoms with Crippen LogP contribution < -0.4 is 16.6 Å². The molecule has 1 heterocycles. The minimum Gasteiger partial charge on any atom is -0.380 e. The molecule has 1 aromatic carbocycles. The Balaban J connectivity index is 2.16. The lowest BCUT2D eigenvalue weighted by Gasteiger charge is -2.08. The van der Waals surface area contributed by atoms with Crippen LogP contribution >= 0.6 is 0 Å². The molecule has 0 amide bonds. The topological polar surface area (TPSA) is 77.8 Å². The van der Waals surface area contributed by atoms with Crippen molar-refractivity contribution in [3.05, 3.63) is 62.4 Å². The average molecular weight is 231 g/mol. The second-order valence-corrected chi connectivity index (χ2v) is 3.77. The van der Waals surface area contributed by atoms with Crippen molar-refractivity contribution in [3.8, 4) is 0 Å². The summed E-state index contributed by atoms with van der Waals surface area (Å²) in [7, 11) is 0. The van der Waals surface area contributed by atoms with Crippen LogP contribution in [0.1, 0.15) is 11.1 Å². The van der Waals surface area contributed by atoms with Crippen LogP contribution in [0.4, 0.5) is 5.69 Å². The summed E-state index contributed by atoms with van der Waals surface area (Å²) in [4.78, 5) is 26.9. The first-order valence-electron chi connectivity index (χ1n) is 5.27. The van der Waals surface area contributed by atoms with E-state index in [1.807, 2.05) is 31.2 Å². The number of rotatable bonds is 3. The van der Waals surface area contributed by atoms with Gasteiger partial charge in [0, 0.05) is 18.4 Å². The van der Waals surface area contributed by atoms with Crippen LogP contribution in [-0.4, -0.2) is 9.97 Å². The Hall–Kier alpha value is -2.30. The maximum Gasteiger partial charge on any atom is 0.325 e. The summed E-state index contributed by atoms with van der Waals surface area (Å²) in [6.07, 6.45) is 1.42. The van der Waals surface area contributed by atoms with Crippen LogP contribution in [-0.2, 0) is 6.54 Å². The highest BCUT2D eigenvalue weighted by Gasteiger charge is 2.01. The monoisotopic (exact) mass is 231 g/mol. The summed E-state index contributed by atoms with van der Waals surface area (Å²) >= 11 is 0. The van der Waals surface area contributed by atoms with Gasteiger partial charge in [-0.1, -0.05) is 18.2 Å². The zero-order valence-electron chi connectivity index (χ0n) is 9.41. The maximum absolute atomic E-state index is 11.4. The molecule has 17 heavy (non-hydrogen) atoms. The highest BCUT2D eigenvalue weighted by atomic mass is 16.2. The molecule has 0 aliphatic heterocycles. The van der Waals surface area contributed by atoms with Gasteiger partial charge in [0.1, 0.15) is 0 Å².